The highest BCUT2D eigenvalue weighted by atomic mass is 79.9. The second-order valence-corrected chi connectivity index (χ2v) is 9.53. The van der Waals surface area contributed by atoms with Gasteiger partial charge in [0.2, 0.25) is 0 Å². The van der Waals surface area contributed by atoms with Crippen LogP contribution in [0, 0.1) is 0 Å². The first-order chi connectivity index (χ1) is 13.2. The fourth-order valence-corrected chi connectivity index (χ4v) is 5.50. The summed E-state index contributed by atoms with van der Waals surface area (Å²) in [6.07, 6.45) is 1.12. The maximum atomic E-state index is 6.36. The van der Waals surface area contributed by atoms with Gasteiger partial charge < -0.3 is 5.32 Å². The van der Waals surface area contributed by atoms with Crippen LogP contribution in [0.5, 0.6) is 0 Å². The monoisotopic (exact) mass is 457 g/mol. The lowest BCUT2D eigenvalue weighted by Gasteiger charge is -2.25. The Morgan fingerprint density at radius 1 is 0.889 bits per heavy atom. The quantitative estimate of drug-likeness (QED) is 0.453. The molecule has 138 valence electrons. The zero-order chi connectivity index (χ0) is 18.6. The molecule has 3 atom stereocenters. The van der Waals surface area contributed by atoms with Crippen LogP contribution in [0.25, 0.3) is 0 Å². The van der Waals surface area contributed by atoms with Gasteiger partial charge in [0.15, 0.2) is 0 Å². The van der Waals surface area contributed by atoms with E-state index in [-0.39, 0.29) is 0 Å². The summed E-state index contributed by atoms with van der Waals surface area (Å²) in [6, 6.07) is 28.1. The van der Waals surface area contributed by atoms with Crippen LogP contribution in [0.2, 0.25) is 5.02 Å². The highest BCUT2D eigenvalue weighted by molar-refractivity contribution is 9.10. The number of benzene rings is 3. The molecule has 1 heterocycles. The third kappa shape index (κ3) is 4.60. The Hall–Kier alpha value is -1.26. The van der Waals surface area contributed by atoms with Crippen molar-refractivity contribution in [2.45, 2.75) is 28.5 Å². The maximum Gasteiger partial charge on any atom is 0.0541 e. The smallest absolute Gasteiger partial charge is 0.0541 e. The first kappa shape index (κ1) is 19.1. The van der Waals surface area contributed by atoms with Gasteiger partial charge in [-0.05, 0) is 41.8 Å². The van der Waals surface area contributed by atoms with Crippen molar-refractivity contribution in [2.24, 2.45) is 0 Å². The van der Waals surface area contributed by atoms with Gasteiger partial charge in [-0.25, -0.2) is 0 Å². The van der Waals surface area contributed by atoms with E-state index in [9.17, 15) is 0 Å². The lowest BCUT2D eigenvalue weighted by molar-refractivity contribution is 0.541. The average Bonchev–Trinajstić information content (AvgIpc) is 3.14. The molecular formula is C23H21BrClNS. The lowest BCUT2D eigenvalue weighted by Crippen LogP contribution is -2.29. The molecule has 0 saturated carbocycles. The van der Waals surface area contributed by atoms with Crippen LogP contribution in [-0.4, -0.2) is 17.8 Å². The van der Waals surface area contributed by atoms with Gasteiger partial charge in [0.1, 0.15) is 0 Å². The molecule has 1 N–H and O–H groups in total. The van der Waals surface area contributed by atoms with Crippen LogP contribution in [0.4, 0.5) is 0 Å². The third-order valence-electron chi connectivity index (χ3n) is 5.05. The van der Waals surface area contributed by atoms with Gasteiger partial charge in [-0.3, -0.25) is 0 Å². The van der Waals surface area contributed by atoms with Crippen molar-refractivity contribution < 1.29 is 0 Å². The van der Waals surface area contributed by atoms with Crippen LogP contribution < -0.4 is 5.32 Å². The molecule has 0 bridgehead atoms. The van der Waals surface area contributed by atoms with Crippen molar-refractivity contribution in [2.75, 3.05) is 6.54 Å². The highest BCUT2D eigenvalue weighted by Gasteiger charge is 2.33. The fraction of sp³-hybridized carbons (Fsp3) is 0.217. The second-order valence-electron chi connectivity index (χ2n) is 6.86. The second kappa shape index (κ2) is 8.83. The van der Waals surface area contributed by atoms with Gasteiger partial charge >= 0.3 is 0 Å². The van der Waals surface area contributed by atoms with Crippen molar-refractivity contribution in [1.29, 1.82) is 0 Å². The molecule has 0 radical (unpaired) electrons. The van der Waals surface area contributed by atoms with Crippen molar-refractivity contribution in [1.82, 2.24) is 5.32 Å². The first-order valence-corrected chi connectivity index (χ1v) is 11.2. The Bertz CT molecular complexity index is 884. The number of rotatable bonds is 5. The Kier molecular flexibility index (Phi) is 6.24. The predicted octanol–water partition coefficient (Wildman–Crippen LogP) is 6.76. The van der Waals surface area contributed by atoms with E-state index in [1.165, 1.54) is 16.0 Å². The molecule has 3 unspecified atom stereocenters. The summed E-state index contributed by atoms with van der Waals surface area (Å²) in [5, 5.41) is 5.15. The molecule has 3 aromatic carbocycles. The van der Waals surface area contributed by atoms with Gasteiger partial charge in [-0.2, -0.15) is 0 Å². The minimum Gasteiger partial charge on any atom is -0.312 e. The molecule has 1 aliphatic rings. The Morgan fingerprint density at radius 3 is 2.30 bits per heavy atom. The molecule has 4 heteroatoms. The molecule has 1 saturated heterocycles. The Morgan fingerprint density at radius 2 is 1.56 bits per heavy atom. The van der Waals surface area contributed by atoms with E-state index in [0.29, 0.717) is 17.2 Å². The van der Waals surface area contributed by atoms with E-state index in [1.807, 2.05) is 23.9 Å². The van der Waals surface area contributed by atoms with E-state index < -0.39 is 0 Å². The molecule has 0 aliphatic carbocycles. The molecule has 0 amide bonds. The number of halogens is 2. The molecule has 0 spiro atoms. The average molecular weight is 459 g/mol. The van der Waals surface area contributed by atoms with Gasteiger partial charge in [-0.1, -0.05) is 82.1 Å². The van der Waals surface area contributed by atoms with Gasteiger partial charge in [0.05, 0.1) is 5.02 Å². The van der Waals surface area contributed by atoms with Crippen molar-refractivity contribution >= 4 is 39.3 Å². The van der Waals surface area contributed by atoms with Crippen LogP contribution in [-0.2, 0) is 0 Å². The van der Waals surface area contributed by atoms with Crippen molar-refractivity contribution in [3.8, 4) is 0 Å². The topological polar surface area (TPSA) is 12.0 Å². The lowest BCUT2D eigenvalue weighted by atomic mass is 9.84. The predicted molar refractivity (Wildman–Crippen MR) is 120 cm³/mol. The third-order valence-corrected chi connectivity index (χ3v) is 7.32. The zero-order valence-electron chi connectivity index (χ0n) is 14.8. The Balaban J connectivity index is 1.56. The zero-order valence-corrected chi connectivity index (χ0v) is 18.0. The van der Waals surface area contributed by atoms with Crippen LogP contribution in [0.3, 0.4) is 0 Å². The summed E-state index contributed by atoms with van der Waals surface area (Å²) in [5.74, 6) is 0.344. The summed E-state index contributed by atoms with van der Waals surface area (Å²) < 4.78 is 1.12. The SMILES string of the molecule is Clc1ccccc1SC1CNC(C(c2ccccc2)c2ccc(Br)cc2)C1. The summed E-state index contributed by atoms with van der Waals surface area (Å²) in [7, 11) is 0. The van der Waals surface area contributed by atoms with Gasteiger partial charge in [0, 0.05) is 33.1 Å². The maximum absolute atomic E-state index is 6.36. The standard InChI is InChI=1S/C23H21BrClNS/c24-18-12-10-17(11-13-18)23(16-6-2-1-3-7-16)21-14-19(15-26-21)27-22-9-5-4-8-20(22)25/h1-13,19,21,23,26H,14-15H2. The van der Waals surface area contributed by atoms with Gasteiger partial charge in [-0.15, -0.1) is 11.8 Å². The molecule has 3 aromatic rings. The fourth-order valence-electron chi connectivity index (χ4n) is 3.78. The molecule has 1 nitrogen and oxygen atoms in total. The number of nitrogens with one attached hydrogen (secondary N) is 1. The largest absolute Gasteiger partial charge is 0.312 e. The summed E-state index contributed by atoms with van der Waals surface area (Å²) in [5.41, 5.74) is 2.71. The minimum atomic E-state index is 0.344. The van der Waals surface area contributed by atoms with Crippen molar-refractivity contribution in [3.05, 3.63) is 99.5 Å². The molecule has 4 rings (SSSR count). The highest BCUT2D eigenvalue weighted by Crippen LogP contribution is 2.38. The molecule has 1 fully saturated rings. The first-order valence-electron chi connectivity index (χ1n) is 9.15. The van der Waals surface area contributed by atoms with E-state index >= 15 is 0 Å². The minimum absolute atomic E-state index is 0.344. The van der Waals surface area contributed by atoms with E-state index in [0.717, 1.165) is 22.5 Å². The normalized spacial score (nSPS) is 20.5. The number of thioether (sulfide) groups is 1. The van der Waals surface area contributed by atoms with Crippen LogP contribution in [0.15, 0.2) is 88.2 Å². The van der Waals surface area contributed by atoms with Crippen LogP contribution >= 0.6 is 39.3 Å². The van der Waals surface area contributed by atoms with E-state index in [2.05, 4.69) is 88.0 Å². The molecule has 27 heavy (non-hydrogen) atoms. The van der Waals surface area contributed by atoms with Crippen molar-refractivity contribution in [3.63, 3.8) is 0 Å². The number of hydrogen-bond acceptors (Lipinski definition) is 2. The Labute approximate surface area is 178 Å². The summed E-state index contributed by atoms with van der Waals surface area (Å²) in [6.45, 7) is 1.00. The number of hydrogen-bond donors (Lipinski definition) is 1. The van der Waals surface area contributed by atoms with Gasteiger partial charge in [0.25, 0.3) is 0 Å². The summed E-state index contributed by atoms with van der Waals surface area (Å²) in [4.78, 5) is 1.17. The van der Waals surface area contributed by atoms with E-state index in [4.69, 9.17) is 11.6 Å². The summed E-state index contributed by atoms with van der Waals surface area (Å²) >= 11 is 11.8. The molecule has 1 aliphatic heterocycles. The molecule has 0 aromatic heterocycles. The van der Waals surface area contributed by atoms with Crippen LogP contribution in [0.1, 0.15) is 23.5 Å². The molecular weight excluding hydrogens is 438 g/mol. The van der Waals surface area contributed by atoms with E-state index in [1.54, 1.807) is 0 Å².